The Kier molecular flexibility index (Phi) is 3.38. The second kappa shape index (κ2) is 4.21. The molecule has 0 saturated heterocycles. The zero-order valence-corrected chi connectivity index (χ0v) is 10.1. The van der Waals surface area contributed by atoms with Crippen molar-refractivity contribution < 1.29 is 9.53 Å². The minimum atomic E-state index is -0.239. The summed E-state index contributed by atoms with van der Waals surface area (Å²) in [6.45, 7) is 12.4. The van der Waals surface area contributed by atoms with Crippen molar-refractivity contribution in [2.75, 3.05) is 6.61 Å². The van der Waals surface area contributed by atoms with E-state index in [0.29, 0.717) is 12.5 Å². The standard InChI is InChI=1S/C13H20O2/c1-9(8-15-11(3)14)12-7-6-10(2)13(12,4)5/h6,12H,1,7-8H2,2-5H3. The summed E-state index contributed by atoms with van der Waals surface area (Å²) in [6, 6.07) is 0. The second-order valence-electron chi connectivity index (χ2n) is 4.84. The van der Waals surface area contributed by atoms with Gasteiger partial charge in [-0.2, -0.15) is 0 Å². The van der Waals surface area contributed by atoms with Crippen LogP contribution in [0.5, 0.6) is 0 Å². The third-order valence-electron chi connectivity index (χ3n) is 3.50. The summed E-state index contributed by atoms with van der Waals surface area (Å²) in [4.78, 5) is 10.7. The lowest BCUT2D eigenvalue weighted by Crippen LogP contribution is -2.24. The molecule has 0 radical (unpaired) electrons. The molecular formula is C13H20O2. The van der Waals surface area contributed by atoms with Gasteiger partial charge >= 0.3 is 5.97 Å². The maximum absolute atomic E-state index is 10.7. The molecule has 84 valence electrons. The van der Waals surface area contributed by atoms with Crippen molar-refractivity contribution in [3.8, 4) is 0 Å². The maximum atomic E-state index is 10.7. The van der Waals surface area contributed by atoms with E-state index >= 15 is 0 Å². The predicted molar refractivity (Wildman–Crippen MR) is 61.4 cm³/mol. The summed E-state index contributed by atoms with van der Waals surface area (Å²) in [7, 11) is 0. The molecule has 0 aromatic carbocycles. The summed E-state index contributed by atoms with van der Waals surface area (Å²) in [6.07, 6.45) is 3.27. The first-order valence-corrected chi connectivity index (χ1v) is 5.34. The molecule has 0 aromatic heterocycles. The van der Waals surface area contributed by atoms with E-state index < -0.39 is 0 Å². The van der Waals surface area contributed by atoms with Crippen molar-refractivity contribution in [2.45, 2.75) is 34.1 Å². The number of ether oxygens (including phenoxy) is 1. The van der Waals surface area contributed by atoms with Crippen molar-refractivity contribution in [2.24, 2.45) is 11.3 Å². The molecule has 0 spiro atoms. The summed E-state index contributed by atoms with van der Waals surface area (Å²) in [5, 5.41) is 0. The molecule has 1 atom stereocenters. The van der Waals surface area contributed by atoms with Crippen molar-refractivity contribution in [1.82, 2.24) is 0 Å². The fourth-order valence-corrected chi connectivity index (χ4v) is 2.10. The highest BCUT2D eigenvalue weighted by Gasteiger charge is 2.36. The van der Waals surface area contributed by atoms with Gasteiger partial charge < -0.3 is 4.74 Å². The van der Waals surface area contributed by atoms with E-state index in [-0.39, 0.29) is 11.4 Å². The zero-order chi connectivity index (χ0) is 11.6. The van der Waals surface area contributed by atoms with Gasteiger partial charge in [-0.15, -0.1) is 0 Å². The number of hydrogen-bond acceptors (Lipinski definition) is 2. The van der Waals surface area contributed by atoms with E-state index in [4.69, 9.17) is 4.74 Å². The van der Waals surface area contributed by atoms with Gasteiger partial charge in [0, 0.05) is 6.92 Å². The van der Waals surface area contributed by atoms with E-state index in [1.54, 1.807) is 0 Å². The van der Waals surface area contributed by atoms with Gasteiger partial charge in [-0.25, -0.2) is 0 Å². The molecule has 0 aliphatic heterocycles. The van der Waals surface area contributed by atoms with Gasteiger partial charge in [-0.05, 0) is 30.3 Å². The van der Waals surface area contributed by atoms with Crippen LogP contribution in [0.1, 0.15) is 34.1 Å². The average molecular weight is 208 g/mol. The van der Waals surface area contributed by atoms with Crippen molar-refractivity contribution >= 4 is 5.97 Å². The molecule has 0 amide bonds. The number of esters is 1. The molecule has 0 saturated carbocycles. The van der Waals surface area contributed by atoms with Crippen molar-refractivity contribution in [3.63, 3.8) is 0 Å². The Bertz CT molecular complexity index is 310. The molecule has 0 heterocycles. The Hall–Kier alpha value is -1.05. The molecule has 2 heteroatoms. The largest absolute Gasteiger partial charge is 0.461 e. The summed E-state index contributed by atoms with van der Waals surface area (Å²) in [5.41, 5.74) is 2.57. The van der Waals surface area contributed by atoms with Gasteiger partial charge in [0.15, 0.2) is 0 Å². The van der Waals surface area contributed by atoms with Crippen LogP contribution in [0.25, 0.3) is 0 Å². The Morgan fingerprint density at radius 1 is 1.67 bits per heavy atom. The molecule has 1 aliphatic carbocycles. The minimum absolute atomic E-state index is 0.150. The topological polar surface area (TPSA) is 26.3 Å². The fourth-order valence-electron chi connectivity index (χ4n) is 2.10. The second-order valence-corrected chi connectivity index (χ2v) is 4.84. The van der Waals surface area contributed by atoms with Crippen LogP contribution in [0.4, 0.5) is 0 Å². The quantitative estimate of drug-likeness (QED) is 0.526. The van der Waals surface area contributed by atoms with Crippen LogP contribution in [0.2, 0.25) is 0 Å². The third-order valence-corrected chi connectivity index (χ3v) is 3.50. The van der Waals surface area contributed by atoms with Gasteiger partial charge in [0.25, 0.3) is 0 Å². The molecule has 0 N–H and O–H groups in total. The first-order chi connectivity index (χ1) is 6.85. The predicted octanol–water partition coefficient (Wildman–Crippen LogP) is 3.10. The van der Waals surface area contributed by atoms with Gasteiger partial charge in [-0.1, -0.05) is 32.1 Å². The van der Waals surface area contributed by atoms with Crippen LogP contribution in [-0.4, -0.2) is 12.6 Å². The summed E-state index contributed by atoms with van der Waals surface area (Å²) in [5.74, 6) is 0.161. The van der Waals surface area contributed by atoms with Crippen molar-refractivity contribution in [1.29, 1.82) is 0 Å². The number of carbonyl (C=O) groups excluding carboxylic acids is 1. The summed E-state index contributed by atoms with van der Waals surface area (Å²) >= 11 is 0. The SMILES string of the molecule is C=C(COC(C)=O)C1CC=C(C)C1(C)C. The van der Waals surface area contributed by atoms with Crippen LogP contribution in [0.15, 0.2) is 23.8 Å². The molecule has 2 nitrogen and oxygen atoms in total. The highest BCUT2D eigenvalue weighted by atomic mass is 16.5. The molecule has 0 bridgehead atoms. The van der Waals surface area contributed by atoms with Gasteiger partial charge in [0.2, 0.25) is 0 Å². The van der Waals surface area contributed by atoms with E-state index in [9.17, 15) is 4.79 Å². The fraction of sp³-hybridized carbons (Fsp3) is 0.615. The molecule has 0 fully saturated rings. The van der Waals surface area contributed by atoms with Gasteiger partial charge in [0.1, 0.15) is 6.61 Å². The smallest absolute Gasteiger partial charge is 0.302 e. The third kappa shape index (κ3) is 2.49. The van der Waals surface area contributed by atoms with Crippen LogP contribution in [-0.2, 0) is 9.53 Å². The maximum Gasteiger partial charge on any atom is 0.302 e. The van der Waals surface area contributed by atoms with E-state index in [0.717, 1.165) is 12.0 Å². The number of allylic oxidation sites excluding steroid dienone is 2. The van der Waals surface area contributed by atoms with E-state index in [1.807, 2.05) is 0 Å². The Morgan fingerprint density at radius 2 is 2.27 bits per heavy atom. The van der Waals surface area contributed by atoms with Crippen LogP contribution < -0.4 is 0 Å². The minimum Gasteiger partial charge on any atom is -0.461 e. The van der Waals surface area contributed by atoms with E-state index in [1.165, 1.54) is 12.5 Å². The highest BCUT2D eigenvalue weighted by molar-refractivity contribution is 5.66. The molecule has 1 aliphatic rings. The number of hydrogen-bond donors (Lipinski definition) is 0. The highest BCUT2D eigenvalue weighted by Crippen LogP contribution is 2.46. The first-order valence-electron chi connectivity index (χ1n) is 5.34. The van der Waals surface area contributed by atoms with Crippen LogP contribution in [0, 0.1) is 11.3 Å². The Labute approximate surface area is 92.0 Å². The van der Waals surface area contributed by atoms with Gasteiger partial charge in [0.05, 0.1) is 0 Å². The van der Waals surface area contributed by atoms with Gasteiger partial charge in [-0.3, -0.25) is 4.79 Å². The molecule has 1 unspecified atom stereocenters. The first kappa shape index (κ1) is 12.0. The van der Waals surface area contributed by atoms with Crippen LogP contribution in [0.3, 0.4) is 0 Å². The van der Waals surface area contributed by atoms with E-state index in [2.05, 4.69) is 33.4 Å². The summed E-state index contributed by atoms with van der Waals surface area (Å²) < 4.78 is 4.98. The molecular weight excluding hydrogens is 188 g/mol. The number of carbonyl (C=O) groups is 1. The van der Waals surface area contributed by atoms with Crippen LogP contribution >= 0.6 is 0 Å². The zero-order valence-electron chi connectivity index (χ0n) is 10.1. The average Bonchev–Trinajstić information content (AvgIpc) is 2.38. The monoisotopic (exact) mass is 208 g/mol. The Morgan fingerprint density at radius 3 is 2.67 bits per heavy atom. The number of rotatable bonds is 3. The molecule has 15 heavy (non-hydrogen) atoms. The lowest BCUT2D eigenvalue weighted by atomic mass is 9.74. The lowest BCUT2D eigenvalue weighted by Gasteiger charge is -2.31. The normalized spacial score (nSPS) is 23.5. The lowest BCUT2D eigenvalue weighted by molar-refractivity contribution is -0.140. The molecule has 0 aromatic rings. The Balaban J connectivity index is 2.60. The van der Waals surface area contributed by atoms with Crippen molar-refractivity contribution in [3.05, 3.63) is 23.8 Å². The molecule has 1 rings (SSSR count).